The van der Waals surface area contributed by atoms with Crippen LogP contribution in [0.2, 0.25) is 0 Å². The van der Waals surface area contributed by atoms with Crippen LogP contribution in [0.25, 0.3) is 0 Å². The minimum absolute atomic E-state index is 0.0400. The molecular weight excluding hydrogens is 291 g/mol. The van der Waals surface area contributed by atoms with Gasteiger partial charge in [0.2, 0.25) is 0 Å². The third-order valence-electron chi connectivity index (χ3n) is 3.05. The van der Waals surface area contributed by atoms with Gasteiger partial charge < -0.3 is 15.0 Å². The van der Waals surface area contributed by atoms with Crippen molar-refractivity contribution in [1.82, 2.24) is 9.88 Å². The summed E-state index contributed by atoms with van der Waals surface area (Å²) in [7, 11) is 1.34. The summed E-state index contributed by atoms with van der Waals surface area (Å²) in [6.45, 7) is -0.0400. The van der Waals surface area contributed by atoms with Gasteiger partial charge in [0.25, 0.3) is 11.5 Å². The van der Waals surface area contributed by atoms with Crippen LogP contribution in [0.5, 0.6) is 0 Å². The fraction of sp³-hybridized carbons (Fsp3) is 0.133. The first-order valence-corrected chi connectivity index (χ1v) is 6.36. The largest absolute Gasteiger partial charge is 0.478 e. The zero-order chi connectivity index (χ0) is 16.3. The van der Waals surface area contributed by atoms with Gasteiger partial charge in [-0.1, -0.05) is 12.1 Å². The third-order valence-corrected chi connectivity index (χ3v) is 3.05. The molecule has 0 aliphatic rings. The van der Waals surface area contributed by atoms with E-state index < -0.39 is 23.3 Å². The number of carbonyl (C=O) groups excluding carboxylic acids is 1. The van der Waals surface area contributed by atoms with Crippen LogP contribution in [0.3, 0.4) is 0 Å². The maximum absolute atomic E-state index is 13.2. The number of nitrogens with one attached hydrogen (secondary N) is 1. The van der Waals surface area contributed by atoms with Gasteiger partial charge in [0.05, 0.1) is 12.1 Å². The Morgan fingerprint density at radius 2 is 2.05 bits per heavy atom. The van der Waals surface area contributed by atoms with Crippen LogP contribution in [0, 0.1) is 5.82 Å². The van der Waals surface area contributed by atoms with Crippen LogP contribution in [0.15, 0.2) is 41.3 Å². The Balaban J connectivity index is 2.54. The molecule has 0 saturated carbocycles. The number of pyridine rings is 1. The zero-order valence-corrected chi connectivity index (χ0v) is 11.7. The van der Waals surface area contributed by atoms with E-state index in [1.807, 2.05) is 0 Å². The number of amides is 1. The molecule has 0 bridgehead atoms. The Labute approximate surface area is 124 Å². The first kappa shape index (κ1) is 15.4. The molecule has 2 aromatic rings. The maximum atomic E-state index is 13.2. The van der Waals surface area contributed by atoms with Gasteiger partial charge in [0.1, 0.15) is 11.4 Å². The summed E-state index contributed by atoms with van der Waals surface area (Å²) >= 11 is 0. The van der Waals surface area contributed by atoms with Crippen molar-refractivity contribution in [2.24, 2.45) is 0 Å². The Bertz CT molecular complexity index is 798. The highest BCUT2D eigenvalue weighted by molar-refractivity contribution is 5.96. The Morgan fingerprint density at radius 3 is 2.64 bits per heavy atom. The van der Waals surface area contributed by atoms with Crippen LogP contribution in [0.1, 0.15) is 26.3 Å². The normalized spacial score (nSPS) is 10.3. The molecule has 2 rings (SSSR count). The molecule has 2 N–H and O–H groups in total. The Kier molecular flexibility index (Phi) is 4.36. The first-order valence-electron chi connectivity index (χ1n) is 6.36. The molecule has 1 amide bonds. The summed E-state index contributed by atoms with van der Waals surface area (Å²) in [6, 6.07) is 6.60. The predicted molar refractivity (Wildman–Crippen MR) is 76.6 cm³/mol. The molecular formula is C15H13FN2O4. The van der Waals surface area contributed by atoms with Crippen molar-refractivity contribution in [2.75, 3.05) is 7.05 Å². The molecule has 0 spiro atoms. The highest BCUT2D eigenvalue weighted by Gasteiger charge is 2.16. The van der Waals surface area contributed by atoms with Crippen LogP contribution >= 0.6 is 0 Å². The highest BCUT2D eigenvalue weighted by Crippen LogP contribution is 2.07. The molecule has 1 aromatic heterocycles. The number of nitrogens with zero attached hydrogens (tertiary/aromatic N) is 1. The van der Waals surface area contributed by atoms with Crippen LogP contribution in [-0.4, -0.2) is 28.6 Å². The van der Waals surface area contributed by atoms with Gasteiger partial charge in [-0.2, -0.15) is 0 Å². The molecule has 1 heterocycles. The summed E-state index contributed by atoms with van der Waals surface area (Å²) in [5, 5.41) is 11.4. The third kappa shape index (κ3) is 3.20. The fourth-order valence-corrected chi connectivity index (χ4v) is 2.00. The summed E-state index contributed by atoms with van der Waals surface area (Å²) in [5.41, 5.74) is -0.644. The second-order valence-corrected chi connectivity index (χ2v) is 4.59. The standard InChI is InChI=1S/C15H13FN2O4/c1-17-13(19)12-6-10(15(21)22)8-18(14(12)20)7-9-3-2-4-11(16)5-9/h2-6,8H,7H2,1H3,(H,17,19)(H,21,22). The molecule has 22 heavy (non-hydrogen) atoms. The van der Waals surface area contributed by atoms with E-state index in [-0.39, 0.29) is 17.7 Å². The summed E-state index contributed by atoms with van der Waals surface area (Å²) in [5.74, 6) is -2.41. The van der Waals surface area contributed by atoms with E-state index >= 15 is 0 Å². The van der Waals surface area contributed by atoms with E-state index in [0.29, 0.717) is 5.56 Å². The summed E-state index contributed by atoms with van der Waals surface area (Å²) < 4.78 is 14.3. The van der Waals surface area contributed by atoms with E-state index in [2.05, 4.69) is 5.32 Å². The number of aromatic carboxylic acids is 1. The average Bonchev–Trinajstić information content (AvgIpc) is 2.48. The van der Waals surface area contributed by atoms with Crippen molar-refractivity contribution in [3.8, 4) is 0 Å². The molecule has 0 aliphatic heterocycles. The molecule has 0 aliphatic carbocycles. The molecule has 7 heteroatoms. The van der Waals surface area contributed by atoms with Crippen LogP contribution in [0.4, 0.5) is 4.39 Å². The summed E-state index contributed by atoms with van der Waals surface area (Å²) in [6.07, 6.45) is 1.13. The number of carboxylic acids is 1. The lowest BCUT2D eigenvalue weighted by molar-refractivity contribution is 0.0696. The lowest BCUT2D eigenvalue weighted by atomic mass is 10.1. The van der Waals surface area contributed by atoms with Crippen molar-refractivity contribution in [2.45, 2.75) is 6.54 Å². The molecule has 6 nitrogen and oxygen atoms in total. The van der Waals surface area contributed by atoms with Crippen molar-refractivity contribution in [1.29, 1.82) is 0 Å². The number of rotatable bonds is 4. The average molecular weight is 304 g/mol. The molecule has 114 valence electrons. The van der Waals surface area contributed by atoms with Gasteiger partial charge in [0, 0.05) is 13.2 Å². The SMILES string of the molecule is CNC(=O)c1cc(C(=O)O)cn(Cc2cccc(F)c2)c1=O. The quantitative estimate of drug-likeness (QED) is 0.885. The lowest BCUT2D eigenvalue weighted by Gasteiger charge is -2.10. The number of hydrogen-bond donors (Lipinski definition) is 2. The number of carboxylic acid groups (broad SMARTS) is 1. The fourth-order valence-electron chi connectivity index (χ4n) is 2.00. The van der Waals surface area contributed by atoms with Gasteiger partial charge >= 0.3 is 5.97 Å². The van der Waals surface area contributed by atoms with E-state index in [9.17, 15) is 18.8 Å². The second-order valence-electron chi connectivity index (χ2n) is 4.59. The first-order chi connectivity index (χ1) is 10.4. The molecule has 0 atom stereocenters. The van der Waals surface area contributed by atoms with Gasteiger partial charge in [-0.15, -0.1) is 0 Å². The minimum atomic E-state index is -1.27. The Hall–Kier alpha value is -2.96. The van der Waals surface area contributed by atoms with Gasteiger partial charge in [0.15, 0.2) is 0 Å². The Morgan fingerprint density at radius 1 is 1.32 bits per heavy atom. The van der Waals surface area contributed by atoms with E-state index in [1.165, 1.54) is 25.2 Å². The minimum Gasteiger partial charge on any atom is -0.478 e. The van der Waals surface area contributed by atoms with E-state index in [4.69, 9.17) is 5.11 Å². The molecule has 0 fully saturated rings. The molecule has 1 aromatic carbocycles. The molecule has 0 radical (unpaired) electrons. The van der Waals surface area contributed by atoms with Crippen molar-refractivity contribution >= 4 is 11.9 Å². The van der Waals surface area contributed by atoms with E-state index in [0.717, 1.165) is 16.8 Å². The van der Waals surface area contributed by atoms with Gasteiger partial charge in [-0.25, -0.2) is 9.18 Å². The maximum Gasteiger partial charge on any atom is 0.337 e. The van der Waals surface area contributed by atoms with E-state index in [1.54, 1.807) is 6.07 Å². The number of benzene rings is 1. The summed E-state index contributed by atoms with van der Waals surface area (Å²) in [4.78, 5) is 35.1. The monoisotopic (exact) mass is 304 g/mol. The number of halogens is 1. The lowest BCUT2D eigenvalue weighted by Crippen LogP contribution is -2.32. The van der Waals surface area contributed by atoms with Crippen LogP contribution in [-0.2, 0) is 6.54 Å². The smallest absolute Gasteiger partial charge is 0.337 e. The highest BCUT2D eigenvalue weighted by atomic mass is 19.1. The topological polar surface area (TPSA) is 88.4 Å². The van der Waals surface area contributed by atoms with Crippen molar-refractivity contribution in [3.63, 3.8) is 0 Å². The number of carbonyl (C=O) groups is 2. The van der Waals surface area contributed by atoms with Gasteiger partial charge in [-0.3, -0.25) is 9.59 Å². The van der Waals surface area contributed by atoms with Gasteiger partial charge in [-0.05, 0) is 23.8 Å². The predicted octanol–water partition coefficient (Wildman–Crippen LogP) is 1.09. The molecule has 0 saturated heterocycles. The number of hydrogen-bond acceptors (Lipinski definition) is 3. The number of aromatic nitrogens is 1. The van der Waals surface area contributed by atoms with Crippen molar-refractivity contribution < 1.29 is 19.1 Å². The molecule has 0 unspecified atom stereocenters. The van der Waals surface area contributed by atoms with Crippen LogP contribution < -0.4 is 10.9 Å². The van der Waals surface area contributed by atoms with Crippen molar-refractivity contribution in [3.05, 3.63) is 69.4 Å². The zero-order valence-electron chi connectivity index (χ0n) is 11.7. The second kappa shape index (κ2) is 6.21.